The summed E-state index contributed by atoms with van der Waals surface area (Å²) in [5.74, 6) is -0.251. The number of aliphatic hydroxyl groups is 8. The van der Waals surface area contributed by atoms with Gasteiger partial charge in [-0.1, -0.05) is 285 Å². The lowest BCUT2D eigenvalue weighted by molar-refractivity contribution is -0.359. The van der Waals surface area contributed by atoms with Crippen molar-refractivity contribution < 1.29 is 64.6 Å². The van der Waals surface area contributed by atoms with Gasteiger partial charge in [-0.2, -0.15) is 0 Å². The smallest absolute Gasteiger partial charge is 0.220 e. The normalized spacial score (nSPS) is 23.5. The average Bonchev–Trinajstić information content (AvgIpc) is 2.75. The number of amides is 1. The molecule has 2 fully saturated rings. The summed E-state index contributed by atoms with van der Waals surface area (Å²) in [5, 5.41) is 87.4. The molecule has 0 aromatic carbocycles. The number of nitrogens with one attached hydrogen (secondary N) is 1. The van der Waals surface area contributed by atoms with Gasteiger partial charge in [-0.3, -0.25) is 4.79 Å². The third-order valence-electron chi connectivity index (χ3n) is 17.3. The Morgan fingerprint density at radius 3 is 1.24 bits per heavy atom. The van der Waals surface area contributed by atoms with Crippen LogP contribution in [0.2, 0.25) is 0 Å². The first-order valence-electron chi connectivity index (χ1n) is 36.3. The predicted octanol–water partition coefficient (Wildman–Crippen LogP) is 15.2. The molecule has 0 bridgehead atoms. The molecule has 9 N–H and O–H groups in total. The van der Waals surface area contributed by atoms with E-state index in [0.29, 0.717) is 12.8 Å². The molecule has 89 heavy (non-hydrogen) atoms. The van der Waals surface area contributed by atoms with Crippen molar-refractivity contribution >= 4 is 5.91 Å². The molecule has 0 radical (unpaired) electrons. The Bertz CT molecular complexity index is 1820. The van der Waals surface area contributed by atoms with Crippen molar-refractivity contribution in [3.05, 3.63) is 85.1 Å². The Labute approximate surface area is 541 Å². The molecular formula is C75H133NO13. The number of carbonyl (C=O) groups excluding carboxylic acids is 1. The van der Waals surface area contributed by atoms with E-state index in [9.17, 15) is 45.6 Å². The van der Waals surface area contributed by atoms with Gasteiger partial charge in [0.2, 0.25) is 5.91 Å². The fourth-order valence-electron chi connectivity index (χ4n) is 11.6. The van der Waals surface area contributed by atoms with E-state index in [1.165, 1.54) is 186 Å². The molecule has 2 aliphatic rings. The first-order chi connectivity index (χ1) is 43.6. The van der Waals surface area contributed by atoms with E-state index >= 15 is 0 Å². The zero-order chi connectivity index (χ0) is 64.5. The lowest BCUT2D eigenvalue weighted by atomic mass is 9.97. The highest BCUT2D eigenvalue weighted by Crippen LogP contribution is 2.30. The Balaban J connectivity index is 1.66. The minimum Gasteiger partial charge on any atom is -0.394 e. The van der Waals surface area contributed by atoms with Gasteiger partial charge in [0, 0.05) is 6.42 Å². The van der Waals surface area contributed by atoms with E-state index < -0.39 is 86.8 Å². The molecule has 2 aliphatic heterocycles. The van der Waals surface area contributed by atoms with Crippen molar-refractivity contribution in [2.45, 2.75) is 364 Å². The van der Waals surface area contributed by atoms with Crippen LogP contribution in [0.4, 0.5) is 0 Å². The topological polar surface area (TPSA) is 228 Å². The standard InChI is InChI=1S/C75H133NO13/c1-3-5-7-9-11-13-15-17-19-21-23-25-27-28-29-30-31-32-33-34-35-36-37-39-41-43-45-47-49-51-53-55-57-59-67(80)76-63(62-86-74-72(85)70(83)73(66(61-78)88-74)89-75-71(84)69(82)68(81)65(60-77)87-75)64(79)58-56-54-52-50-48-46-44-42-40-38-26-24-22-20-18-16-14-12-10-8-6-4-2/h5,7,11,13,17,19,23,25,40,42,48,50,56,58,63-66,68-75,77-79,81-85H,3-4,6,8-10,12,14-16,18,20-22,24,26-39,41,43-47,49,51-55,57,59-62H2,1-2H3,(H,76,80)/b7-5-,13-11-,19-17-,25-23-,42-40+,50-48+,58-56+. The Kier molecular flexibility index (Phi) is 54.5. The fourth-order valence-corrected chi connectivity index (χ4v) is 11.6. The van der Waals surface area contributed by atoms with Crippen molar-refractivity contribution in [1.29, 1.82) is 0 Å². The molecule has 14 heteroatoms. The summed E-state index contributed by atoms with van der Waals surface area (Å²) in [6, 6.07) is -0.942. The Morgan fingerprint density at radius 1 is 0.416 bits per heavy atom. The second kappa shape index (κ2) is 59.0. The summed E-state index contributed by atoms with van der Waals surface area (Å²) < 4.78 is 22.8. The summed E-state index contributed by atoms with van der Waals surface area (Å²) in [5.41, 5.74) is 0. The number of ether oxygens (including phenoxy) is 4. The molecule has 12 atom stereocenters. The molecule has 2 heterocycles. The van der Waals surface area contributed by atoms with Crippen molar-refractivity contribution in [2.24, 2.45) is 0 Å². The van der Waals surface area contributed by atoms with Crippen molar-refractivity contribution in [3.8, 4) is 0 Å². The first-order valence-corrected chi connectivity index (χ1v) is 36.3. The van der Waals surface area contributed by atoms with E-state index in [4.69, 9.17) is 18.9 Å². The molecule has 2 saturated heterocycles. The number of allylic oxidation sites excluding steroid dienone is 13. The quantitative estimate of drug-likeness (QED) is 0.0204. The molecule has 0 aromatic heterocycles. The largest absolute Gasteiger partial charge is 0.394 e. The van der Waals surface area contributed by atoms with Gasteiger partial charge >= 0.3 is 0 Å². The van der Waals surface area contributed by atoms with Crippen LogP contribution in [0.3, 0.4) is 0 Å². The molecule has 0 saturated carbocycles. The van der Waals surface area contributed by atoms with Gasteiger partial charge in [-0.25, -0.2) is 0 Å². The van der Waals surface area contributed by atoms with Crippen LogP contribution >= 0.6 is 0 Å². The molecular weight excluding hydrogens is 1120 g/mol. The van der Waals surface area contributed by atoms with Crippen molar-refractivity contribution in [1.82, 2.24) is 5.32 Å². The lowest BCUT2D eigenvalue weighted by Gasteiger charge is -2.46. The summed E-state index contributed by atoms with van der Waals surface area (Å²) in [6.07, 6.45) is 65.0. The highest BCUT2D eigenvalue weighted by Gasteiger charge is 2.51. The van der Waals surface area contributed by atoms with Gasteiger partial charge in [-0.15, -0.1) is 0 Å². The zero-order valence-corrected chi connectivity index (χ0v) is 56.2. The van der Waals surface area contributed by atoms with Crippen LogP contribution in [0.25, 0.3) is 0 Å². The van der Waals surface area contributed by atoms with Crippen LogP contribution in [0.5, 0.6) is 0 Å². The second-order valence-electron chi connectivity index (χ2n) is 25.3. The van der Waals surface area contributed by atoms with Gasteiger partial charge < -0.3 is 65.1 Å². The maximum Gasteiger partial charge on any atom is 0.220 e. The highest BCUT2D eigenvalue weighted by atomic mass is 16.7. The number of hydrogen-bond acceptors (Lipinski definition) is 13. The monoisotopic (exact) mass is 1260 g/mol. The third kappa shape index (κ3) is 42.9. The lowest BCUT2D eigenvalue weighted by Crippen LogP contribution is -2.65. The highest BCUT2D eigenvalue weighted by molar-refractivity contribution is 5.76. The van der Waals surface area contributed by atoms with Gasteiger partial charge in [0.15, 0.2) is 12.6 Å². The van der Waals surface area contributed by atoms with Crippen LogP contribution in [0.15, 0.2) is 85.1 Å². The number of aliphatic hydroxyl groups excluding tert-OH is 8. The van der Waals surface area contributed by atoms with Gasteiger partial charge in [0.25, 0.3) is 0 Å². The maximum atomic E-state index is 13.3. The van der Waals surface area contributed by atoms with Crippen molar-refractivity contribution in [3.63, 3.8) is 0 Å². The molecule has 2 rings (SSSR count). The molecule has 12 unspecified atom stereocenters. The number of carbonyl (C=O) groups is 1. The molecule has 516 valence electrons. The first kappa shape index (κ1) is 82.3. The van der Waals surface area contributed by atoms with E-state index in [0.717, 1.165) is 70.6 Å². The minimum absolute atomic E-state index is 0.251. The van der Waals surface area contributed by atoms with Crippen molar-refractivity contribution in [2.75, 3.05) is 19.8 Å². The Morgan fingerprint density at radius 2 is 0.787 bits per heavy atom. The maximum absolute atomic E-state index is 13.3. The average molecular weight is 1260 g/mol. The summed E-state index contributed by atoms with van der Waals surface area (Å²) in [4.78, 5) is 13.3. The Hall–Kier alpha value is -2.83. The minimum atomic E-state index is -1.80. The van der Waals surface area contributed by atoms with Gasteiger partial charge in [0.1, 0.15) is 48.8 Å². The fraction of sp³-hybridized carbons (Fsp3) is 0.800. The van der Waals surface area contributed by atoms with E-state index in [-0.39, 0.29) is 18.9 Å². The van der Waals surface area contributed by atoms with Crippen LogP contribution < -0.4 is 5.32 Å². The van der Waals surface area contributed by atoms with Gasteiger partial charge in [-0.05, 0) is 83.5 Å². The zero-order valence-electron chi connectivity index (χ0n) is 56.2. The number of unbranched alkanes of at least 4 members (excludes halogenated alkanes) is 34. The van der Waals surface area contributed by atoms with E-state index in [2.05, 4.69) is 92.1 Å². The predicted molar refractivity (Wildman–Crippen MR) is 364 cm³/mol. The van der Waals surface area contributed by atoms with E-state index in [1.54, 1.807) is 6.08 Å². The van der Waals surface area contributed by atoms with E-state index in [1.807, 2.05) is 6.08 Å². The van der Waals surface area contributed by atoms with Crippen LogP contribution in [-0.4, -0.2) is 140 Å². The number of rotatable bonds is 59. The third-order valence-corrected chi connectivity index (χ3v) is 17.3. The molecule has 0 aliphatic carbocycles. The summed E-state index contributed by atoms with van der Waals surface area (Å²) in [7, 11) is 0. The van der Waals surface area contributed by atoms with Gasteiger partial charge in [0.05, 0.1) is 32.0 Å². The second-order valence-corrected chi connectivity index (χ2v) is 25.3. The number of hydrogen-bond donors (Lipinski definition) is 9. The summed E-state index contributed by atoms with van der Waals surface area (Å²) >= 11 is 0. The molecule has 0 spiro atoms. The molecule has 1 amide bonds. The molecule has 0 aromatic rings. The van der Waals surface area contributed by atoms with Crippen LogP contribution in [-0.2, 0) is 23.7 Å². The molecule has 14 nitrogen and oxygen atoms in total. The SMILES string of the molecule is CC/C=C\C/C=C\C/C=C\C/C=C\CCCCCCCCCCCCCCCCCCCCCCC(=O)NC(COC1OC(CO)C(OC2OC(CO)C(O)C(O)C2O)C(O)C1O)C(O)/C=C/CC/C=C/CC/C=C/CCCCCCCCCCCCCC. The van der Waals surface area contributed by atoms with Crippen LogP contribution in [0, 0.1) is 0 Å². The van der Waals surface area contributed by atoms with Crippen LogP contribution in [0.1, 0.15) is 290 Å². The summed E-state index contributed by atoms with van der Waals surface area (Å²) in [6.45, 7) is 2.69.